The van der Waals surface area contributed by atoms with Gasteiger partial charge in [-0.15, -0.1) is 0 Å². The van der Waals surface area contributed by atoms with E-state index >= 15 is 0 Å². The first-order chi connectivity index (χ1) is 15.4. The summed E-state index contributed by atoms with van der Waals surface area (Å²) in [6, 6.07) is 8.28. The molecule has 0 heterocycles. The van der Waals surface area contributed by atoms with Crippen molar-refractivity contribution in [2.75, 3.05) is 66.0 Å². The van der Waals surface area contributed by atoms with Crippen LogP contribution < -0.4 is 27.4 Å². The van der Waals surface area contributed by atoms with Crippen molar-refractivity contribution in [2.24, 2.45) is 11.5 Å². The van der Waals surface area contributed by atoms with Crippen molar-refractivity contribution in [1.29, 1.82) is 0 Å². The van der Waals surface area contributed by atoms with Crippen LogP contribution in [0.15, 0.2) is 35.2 Å². The molecule has 0 atom stereocenters. The molecule has 0 radical (unpaired) electrons. The molecule has 0 aliphatic carbocycles. The topological polar surface area (TPSA) is 163 Å². The standard InChI is InChI=1S/C13H19NO4S.C8H23N5/c1-14(11-7-3-6-10-13(15)16)19(17,18)12-8-4-2-5-9-12;9-1-3-11-5-7-13-8-6-12-4-2-10/h2,4-5,8-9H,3,6-7,10-11H2,1H3,(H,15,16);11-13H,1-10H2. The molecule has 186 valence electrons. The third-order valence-electron chi connectivity index (χ3n) is 4.41. The van der Waals surface area contributed by atoms with Gasteiger partial charge in [0.25, 0.3) is 0 Å². The van der Waals surface area contributed by atoms with E-state index in [-0.39, 0.29) is 11.3 Å². The minimum atomic E-state index is -3.43. The van der Waals surface area contributed by atoms with Crippen LogP contribution >= 0.6 is 0 Å². The first-order valence-electron chi connectivity index (χ1n) is 11.1. The lowest BCUT2D eigenvalue weighted by Gasteiger charge is -2.16. The van der Waals surface area contributed by atoms with E-state index < -0.39 is 16.0 Å². The normalized spacial score (nSPS) is 11.2. The summed E-state index contributed by atoms with van der Waals surface area (Å²) in [5, 5.41) is 18.2. The fourth-order valence-electron chi connectivity index (χ4n) is 2.61. The predicted octanol–water partition coefficient (Wildman–Crippen LogP) is -0.375. The predicted molar refractivity (Wildman–Crippen MR) is 129 cm³/mol. The van der Waals surface area contributed by atoms with E-state index in [4.69, 9.17) is 16.6 Å². The molecule has 0 fully saturated rings. The molecule has 0 saturated heterocycles. The molecule has 8 N–H and O–H groups in total. The molecule has 32 heavy (non-hydrogen) atoms. The summed E-state index contributed by atoms with van der Waals surface area (Å²) in [6.07, 6.45) is 2.08. The Balaban J connectivity index is 0.000000649. The van der Waals surface area contributed by atoms with Crippen molar-refractivity contribution in [1.82, 2.24) is 20.3 Å². The Morgan fingerprint density at radius 2 is 1.38 bits per heavy atom. The van der Waals surface area contributed by atoms with Crippen LogP contribution in [0.2, 0.25) is 0 Å². The summed E-state index contributed by atoms with van der Waals surface area (Å²) in [5.41, 5.74) is 10.6. The Labute approximate surface area is 193 Å². The molecule has 10 nitrogen and oxygen atoms in total. The van der Waals surface area contributed by atoms with Crippen molar-refractivity contribution < 1.29 is 18.3 Å². The first-order valence-corrected chi connectivity index (χ1v) is 12.6. The van der Waals surface area contributed by atoms with Crippen LogP contribution in [0.25, 0.3) is 0 Å². The summed E-state index contributed by atoms with van der Waals surface area (Å²) in [5.74, 6) is -0.815. The number of rotatable bonds is 18. The number of nitrogens with two attached hydrogens (primary N) is 2. The molecule has 1 aromatic carbocycles. The van der Waals surface area contributed by atoms with Gasteiger partial charge in [0, 0.05) is 72.4 Å². The van der Waals surface area contributed by atoms with Gasteiger partial charge in [-0.2, -0.15) is 0 Å². The molecule has 1 aromatic rings. The number of unbranched alkanes of at least 4 members (excludes halogenated alkanes) is 2. The van der Waals surface area contributed by atoms with Crippen molar-refractivity contribution >= 4 is 16.0 Å². The third kappa shape index (κ3) is 16.1. The molecule has 0 unspecified atom stereocenters. The highest BCUT2D eigenvalue weighted by atomic mass is 32.2. The first kappa shape index (κ1) is 30.4. The van der Waals surface area contributed by atoms with Crippen LogP contribution in [0.1, 0.15) is 25.7 Å². The minimum Gasteiger partial charge on any atom is -0.481 e. The molecule has 1 rings (SSSR count). The average molecular weight is 475 g/mol. The lowest BCUT2D eigenvalue weighted by Crippen LogP contribution is -2.35. The van der Waals surface area contributed by atoms with Gasteiger partial charge in [-0.05, 0) is 25.0 Å². The number of hydrogen-bond acceptors (Lipinski definition) is 8. The SMILES string of the molecule is CN(CCCCCC(=O)O)S(=O)(=O)c1ccccc1.NCCNCCNCCNCCN. The van der Waals surface area contributed by atoms with E-state index in [0.717, 1.165) is 39.3 Å². The van der Waals surface area contributed by atoms with Gasteiger partial charge in [0.2, 0.25) is 10.0 Å². The highest BCUT2D eigenvalue weighted by Crippen LogP contribution is 2.14. The average Bonchev–Trinajstić information content (AvgIpc) is 2.78. The van der Waals surface area contributed by atoms with Gasteiger partial charge in [-0.25, -0.2) is 12.7 Å². The number of hydrogen-bond donors (Lipinski definition) is 6. The highest BCUT2D eigenvalue weighted by Gasteiger charge is 2.19. The van der Waals surface area contributed by atoms with Gasteiger partial charge < -0.3 is 32.5 Å². The molecular formula is C21H42N6O4S. The van der Waals surface area contributed by atoms with Gasteiger partial charge in [-0.1, -0.05) is 24.6 Å². The number of carboxylic acid groups (broad SMARTS) is 1. The molecule has 0 bridgehead atoms. The second-order valence-corrected chi connectivity index (χ2v) is 9.22. The Morgan fingerprint density at radius 1 is 0.875 bits per heavy atom. The van der Waals surface area contributed by atoms with Crippen LogP contribution in [0.4, 0.5) is 0 Å². The van der Waals surface area contributed by atoms with E-state index in [1.807, 2.05) is 0 Å². The number of benzene rings is 1. The van der Waals surface area contributed by atoms with Gasteiger partial charge >= 0.3 is 5.97 Å². The fourth-order valence-corrected chi connectivity index (χ4v) is 3.84. The molecule has 0 aromatic heterocycles. The maximum Gasteiger partial charge on any atom is 0.303 e. The molecular weight excluding hydrogens is 432 g/mol. The molecule has 0 spiro atoms. The van der Waals surface area contributed by atoms with E-state index in [9.17, 15) is 13.2 Å². The molecule has 11 heteroatoms. The van der Waals surface area contributed by atoms with Gasteiger partial charge in [0.05, 0.1) is 4.90 Å². The van der Waals surface area contributed by atoms with Crippen LogP contribution in [0.3, 0.4) is 0 Å². The quantitative estimate of drug-likeness (QED) is 0.156. The molecule has 0 aliphatic heterocycles. The number of nitrogens with one attached hydrogen (secondary N) is 3. The molecule has 0 aliphatic rings. The second kappa shape index (κ2) is 20.0. The smallest absolute Gasteiger partial charge is 0.303 e. The highest BCUT2D eigenvalue weighted by molar-refractivity contribution is 7.89. The zero-order valence-electron chi connectivity index (χ0n) is 19.3. The summed E-state index contributed by atoms with van der Waals surface area (Å²) in [4.78, 5) is 10.6. The lowest BCUT2D eigenvalue weighted by molar-refractivity contribution is -0.137. The third-order valence-corrected chi connectivity index (χ3v) is 6.29. The van der Waals surface area contributed by atoms with Crippen LogP contribution in [-0.2, 0) is 14.8 Å². The van der Waals surface area contributed by atoms with Crippen LogP contribution in [0, 0.1) is 0 Å². The zero-order valence-corrected chi connectivity index (χ0v) is 20.1. The number of carboxylic acids is 1. The Hall–Kier alpha value is -1.60. The molecule has 0 saturated carbocycles. The van der Waals surface area contributed by atoms with Gasteiger partial charge in [0.1, 0.15) is 0 Å². The van der Waals surface area contributed by atoms with E-state index in [1.165, 1.54) is 4.31 Å². The summed E-state index contributed by atoms with van der Waals surface area (Å²) < 4.78 is 25.6. The Morgan fingerprint density at radius 3 is 1.84 bits per heavy atom. The fraction of sp³-hybridized carbons (Fsp3) is 0.667. The van der Waals surface area contributed by atoms with Crippen LogP contribution in [-0.4, -0.2) is 89.7 Å². The van der Waals surface area contributed by atoms with Crippen molar-refractivity contribution in [2.45, 2.75) is 30.6 Å². The maximum absolute atomic E-state index is 12.1. The second-order valence-electron chi connectivity index (χ2n) is 7.17. The Kier molecular flexibility index (Phi) is 19.0. The summed E-state index contributed by atoms with van der Waals surface area (Å²) >= 11 is 0. The van der Waals surface area contributed by atoms with Crippen LogP contribution in [0.5, 0.6) is 0 Å². The number of carbonyl (C=O) groups is 1. The minimum absolute atomic E-state index is 0.134. The lowest BCUT2D eigenvalue weighted by atomic mass is 10.2. The molecule has 0 amide bonds. The number of aliphatic carboxylic acids is 1. The van der Waals surface area contributed by atoms with E-state index in [0.29, 0.717) is 38.9 Å². The number of nitrogens with zero attached hydrogens (tertiary/aromatic N) is 1. The van der Waals surface area contributed by atoms with Gasteiger partial charge in [0.15, 0.2) is 0 Å². The number of sulfonamides is 1. The largest absolute Gasteiger partial charge is 0.481 e. The maximum atomic E-state index is 12.1. The monoisotopic (exact) mass is 474 g/mol. The van der Waals surface area contributed by atoms with E-state index in [1.54, 1.807) is 37.4 Å². The van der Waals surface area contributed by atoms with Crippen molar-refractivity contribution in [3.05, 3.63) is 30.3 Å². The van der Waals surface area contributed by atoms with Crippen molar-refractivity contribution in [3.8, 4) is 0 Å². The zero-order chi connectivity index (χ0) is 24.1. The Bertz CT molecular complexity index is 666. The summed E-state index contributed by atoms with van der Waals surface area (Å²) in [7, 11) is -1.88. The van der Waals surface area contributed by atoms with Crippen molar-refractivity contribution in [3.63, 3.8) is 0 Å². The summed E-state index contributed by atoms with van der Waals surface area (Å²) in [6.45, 7) is 7.55. The van der Waals surface area contributed by atoms with Gasteiger partial charge in [-0.3, -0.25) is 4.79 Å². The van der Waals surface area contributed by atoms with E-state index in [2.05, 4.69) is 16.0 Å².